The van der Waals surface area contributed by atoms with Crippen molar-refractivity contribution in [3.63, 3.8) is 0 Å². The Labute approximate surface area is 265 Å². The molecule has 268 valence electrons. The lowest BCUT2D eigenvalue weighted by Gasteiger charge is -2.33. The minimum Gasteiger partial charge on any atom is -0.326 e. The molecule has 0 aliphatic carbocycles. The molecule has 0 rings (SSSR count). The van der Waals surface area contributed by atoms with E-state index in [9.17, 15) is 9.13 Å². The minimum absolute atomic E-state index is 0.374. The molecule has 0 aromatic heterocycles. The number of phosphoric ester groups is 2. The molecule has 0 aliphatic heterocycles. The molecule has 0 saturated heterocycles. The van der Waals surface area contributed by atoms with E-state index in [1.54, 1.807) is 0 Å². The van der Waals surface area contributed by atoms with Crippen LogP contribution in [0.15, 0.2) is 0 Å². The van der Waals surface area contributed by atoms with Crippen LogP contribution in [-0.2, 0) is 46.6 Å². The normalized spacial score (nSPS) is 12.8. The summed E-state index contributed by atoms with van der Waals surface area (Å²) in [6.45, 7) is 13.4. The van der Waals surface area contributed by atoms with Gasteiger partial charge >= 0.3 is 27.6 Å². The second-order valence-electron chi connectivity index (χ2n) is 10.1. The zero-order valence-electron chi connectivity index (χ0n) is 27.9. The average molecular weight is 685 g/mol. The molecule has 16 heteroatoms. The third-order valence-corrected chi connectivity index (χ3v) is 6.67. The quantitative estimate of drug-likeness (QED) is 0.0369. The first-order chi connectivity index (χ1) is 20.8. The number of unbranched alkanes of at least 4 members (excludes halogenated alkanes) is 6. The predicted molar refractivity (Wildman–Crippen MR) is 167 cm³/mol. The second kappa shape index (κ2) is 28.0. The van der Waals surface area contributed by atoms with Crippen molar-refractivity contribution in [2.45, 2.75) is 131 Å². The third-order valence-electron chi connectivity index (χ3n) is 5.74. The number of hydrogen-bond acceptors (Lipinski definition) is 10. The van der Waals surface area contributed by atoms with Crippen LogP contribution in [0.3, 0.4) is 0 Å². The van der Waals surface area contributed by atoms with Crippen LogP contribution in [0.25, 0.3) is 0 Å². The second-order valence-corrected chi connectivity index (χ2v) is 12.6. The van der Waals surface area contributed by atoms with Gasteiger partial charge in [0.05, 0.1) is 39.6 Å². The molecule has 0 aliphatic rings. The zero-order valence-corrected chi connectivity index (χ0v) is 29.7. The molecule has 0 fully saturated rings. The molecule has 0 bridgehead atoms. The fourth-order valence-corrected chi connectivity index (χ4v) is 3.71. The van der Waals surface area contributed by atoms with Crippen molar-refractivity contribution >= 4 is 15.6 Å². The summed E-state index contributed by atoms with van der Waals surface area (Å²) in [6, 6.07) is 0. The topological polar surface area (TPSA) is 189 Å². The summed E-state index contributed by atoms with van der Waals surface area (Å²) < 4.78 is 65.0. The van der Waals surface area contributed by atoms with E-state index < -0.39 is 40.8 Å². The van der Waals surface area contributed by atoms with Crippen molar-refractivity contribution in [2.75, 3.05) is 52.9 Å². The van der Waals surface area contributed by atoms with E-state index in [0.29, 0.717) is 39.6 Å². The van der Waals surface area contributed by atoms with Gasteiger partial charge in [-0.05, 0) is 38.5 Å². The molecule has 0 spiro atoms. The molecule has 0 unspecified atom stereocenters. The highest BCUT2D eigenvalue weighted by atomic mass is 31.2. The molecule has 44 heavy (non-hydrogen) atoms. The maximum atomic E-state index is 11.0. The Morgan fingerprint density at radius 1 is 0.409 bits per heavy atom. The van der Waals surface area contributed by atoms with Crippen molar-refractivity contribution < 1.29 is 66.2 Å². The van der Waals surface area contributed by atoms with Crippen molar-refractivity contribution in [2.24, 2.45) is 0 Å². The summed E-state index contributed by atoms with van der Waals surface area (Å²) in [5.74, 6) is -3.11. The smallest absolute Gasteiger partial charge is 0.326 e. The SMILES string of the molecule is CCCCOC(COP(=O)(O)O)(OCCCC)OCCCC.CCCCOC(COP(=O)(O)O)(OCCCC)OCCCC. The Kier molecular flexibility index (Phi) is 29.4. The van der Waals surface area contributed by atoms with Gasteiger partial charge in [0.15, 0.2) is 0 Å². The van der Waals surface area contributed by atoms with Gasteiger partial charge in [0.1, 0.15) is 13.2 Å². The lowest BCUT2D eigenvalue weighted by atomic mass is 10.3. The van der Waals surface area contributed by atoms with E-state index in [-0.39, 0.29) is 0 Å². The number of ether oxygens (including phenoxy) is 6. The maximum Gasteiger partial charge on any atom is 0.469 e. The van der Waals surface area contributed by atoms with Crippen LogP contribution in [-0.4, -0.2) is 84.4 Å². The highest BCUT2D eigenvalue weighted by molar-refractivity contribution is 7.46. The summed E-state index contributed by atoms with van der Waals surface area (Å²) in [5, 5.41) is 0. The van der Waals surface area contributed by atoms with Crippen LogP contribution in [0.1, 0.15) is 119 Å². The molecule has 0 heterocycles. The molecule has 4 N–H and O–H groups in total. The van der Waals surface area contributed by atoms with Crippen molar-refractivity contribution in [3.8, 4) is 0 Å². The molecular formula is C28H62O14P2. The maximum absolute atomic E-state index is 11.0. The lowest BCUT2D eigenvalue weighted by Crippen LogP contribution is -2.44. The Morgan fingerprint density at radius 3 is 0.727 bits per heavy atom. The fourth-order valence-electron chi connectivity index (χ4n) is 3.06. The van der Waals surface area contributed by atoms with Gasteiger partial charge in [0.25, 0.3) is 0 Å². The highest BCUT2D eigenvalue weighted by Crippen LogP contribution is 2.39. The molecule has 0 amide bonds. The van der Waals surface area contributed by atoms with Crippen LogP contribution >= 0.6 is 15.6 Å². The molecule has 14 nitrogen and oxygen atoms in total. The van der Waals surface area contributed by atoms with Crippen molar-refractivity contribution in [3.05, 3.63) is 0 Å². The Balaban J connectivity index is 0. The molecule has 0 saturated carbocycles. The third kappa shape index (κ3) is 28.2. The van der Waals surface area contributed by atoms with E-state index in [4.69, 9.17) is 48.0 Å². The van der Waals surface area contributed by atoms with E-state index in [2.05, 4.69) is 9.05 Å². The highest BCUT2D eigenvalue weighted by Gasteiger charge is 2.38. The van der Waals surface area contributed by atoms with Gasteiger partial charge in [-0.3, -0.25) is 9.05 Å². The van der Waals surface area contributed by atoms with Crippen molar-refractivity contribution in [1.82, 2.24) is 0 Å². The van der Waals surface area contributed by atoms with Gasteiger partial charge in [-0.25, -0.2) is 9.13 Å². The summed E-state index contributed by atoms with van der Waals surface area (Å²) in [5.41, 5.74) is 0. The van der Waals surface area contributed by atoms with Crippen LogP contribution in [0, 0.1) is 0 Å². The summed E-state index contributed by atoms with van der Waals surface area (Å²) in [6.07, 6.45) is 10.4. The predicted octanol–water partition coefficient (Wildman–Crippen LogP) is 6.40. The first-order valence-corrected chi connectivity index (χ1v) is 19.1. The first kappa shape index (κ1) is 46.1. The Morgan fingerprint density at radius 2 is 0.591 bits per heavy atom. The fraction of sp³-hybridized carbons (Fsp3) is 1.00. The average Bonchev–Trinajstić information content (AvgIpc) is 2.95. The Hall–Kier alpha value is -0.0200. The van der Waals surface area contributed by atoms with Gasteiger partial charge in [0.2, 0.25) is 0 Å². The number of phosphoric acid groups is 2. The zero-order chi connectivity index (χ0) is 33.8. The number of hydrogen-bond donors (Lipinski definition) is 4. The largest absolute Gasteiger partial charge is 0.469 e. The first-order valence-electron chi connectivity index (χ1n) is 16.0. The van der Waals surface area contributed by atoms with Crippen LogP contribution < -0.4 is 0 Å². The monoisotopic (exact) mass is 684 g/mol. The van der Waals surface area contributed by atoms with Crippen molar-refractivity contribution in [1.29, 1.82) is 0 Å². The van der Waals surface area contributed by atoms with Crippen LogP contribution in [0.2, 0.25) is 0 Å². The van der Waals surface area contributed by atoms with E-state index >= 15 is 0 Å². The van der Waals surface area contributed by atoms with Crippen LogP contribution in [0.4, 0.5) is 0 Å². The lowest BCUT2D eigenvalue weighted by molar-refractivity contribution is -0.390. The summed E-state index contributed by atoms with van der Waals surface area (Å²) in [4.78, 5) is 35.7. The van der Waals surface area contributed by atoms with E-state index in [1.807, 2.05) is 41.5 Å². The molecule has 0 atom stereocenters. The van der Waals surface area contributed by atoms with Crippen LogP contribution in [0.5, 0.6) is 0 Å². The molecule has 0 radical (unpaired) electrons. The van der Waals surface area contributed by atoms with Gasteiger partial charge in [-0.15, -0.1) is 0 Å². The molecular weight excluding hydrogens is 622 g/mol. The summed E-state index contributed by atoms with van der Waals surface area (Å²) >= 11 is 0. The van der Waals surface area contributed by atoms with Gasteiger partial charge in [0, 0.05) is 0 Å². The minimum atomic E-state index is -4.62. The Bertz CT molecular complexity index is 618. The van der Waals surface area contributed by atoms with Gasteiger partial charge in [-0.2, -0.15) is 0 Å². The number of rotatable bonds is 30. The van der Waals surface area contributed by atoms with Gasteiger partial charge < -0.3 is 48.0 Å². The van der Waals surface area contributed by atoms with E-state index in [0.717, 1.165) is 77.0 Å². The molecule has 0 aromatic rings. The standard InChI is InChI=1S/2C14H31O7P/c2*1-4-7-10-18-14(19-11-8-5-2,20-12-9-6-3)13-21-22(15,16)17/h2*4-13H2,1-3H3,(H2,15,16,17). The van der Waals surface area contributed by atoms with Gasteiger partial charge in [-0.1, -0.05) is 80.1 Å². The van der Waals surface area contributed by atoms with E-state index in [1.165, 1.54) is 0 Å². The molecule has 0 aromatic carbocycles. The summed E-state index contributed by atoms with van der Waals surface area (Å²) in [7, 11) is -9.24.